The van der Waals surface area contributed by atoms with Crippen LogP contribution in [0.5, 0.6) is 6.01 Å². The number of hydrogen-bond acceptors (Lipinski definition) is 7. The van der Waals surface area contributed by atoms with Crippen molar-refractivity contribution >= 4 is 34.2 Å². The number of alkyl halides is 1. The lowest BCUT2D eigenvalue weighted by Crippen LogP contribution is -2.65. The highest BCUT2D eigenvalue weighted by Crippen LogP contribution is 2.41. The fraction of sp³-hybridized carbons (Fsp3) is 0.636. The SMILES string of the molecule is O=C1CC2(CCN(c3nc(OC[C@@]45CCCN4C[C@H](F)C5)nc4c(F)c(Cl)ncc34)CC2)N1. The van der Waals surface area contributed by atoms with Gasteiger partial charge in [0.15, 0.2) is 11.0 Å². The molecule has 1 spiro atoms. The van der Waals surface area contributed by atoms with E-state index in [0.29, 0.717) is 43.7 Å². The largest absolute Gasteiger partial charge is 0.461 e. The number of rotatable bonds is 4. The lowest BCUT2D eigenvalue weighted by atomic mass is 9.78. The molecule has 6 heterocycles. The minimum absolute atomic E-state index is 0.0550. The third-order valence-corrected chi connectivity index (χ3v) is 8.02. The molecule has 2 aromatic rings. The van der Waals surface area contributed by atoms with Crippen LogP contribution in [0.1, 0.15) is 38.5 Å². The van der Waals surface area contributed by atoms with Gasteiger partial charge < -0.3 is 15.0 Å². The second-order valence-electron chi connectivity index (χ2n) is 9.81. The Hall–Kier alpha value is -2.33. The molecule has 4 fully saturated rings. The Morgan fingerprint density at radius 3 is 2.79 bits per heavy atom. The molecule has 176 valence electrons. The summed E-state index contributed by atoms with van der Waals surface area (Å²) in [7, 11) is 0. The number of nitrogens with one attached hydrogen (secondary N) is 1. The Balaban J connectivity index is 1.30. The van der Waals surface area contributed by atoms with Crippen molar-refractivity contribution < 1.29 is 18.3 Å². The molecule has 0 radical (unpaired) electrons. The van der Waals surface area contributed by atoms with E-state index in [1.54, 1.807) is 0 Å². The van der Waals surface area contributed by atoms with Gasteiger partial charge in [-0.25, -0.2) is 13.8 Å². The van der Waals surface area contributed by atoms with Crippen LogP contribution >= 0.6 is 11.6 Å². The van der Waals surface area contributed by atoms with E-state index in [-0.39, 0.29) is 40.3 Å². The van der Waals surface area contributed by atoms with Gasteiger partial charge in [-0.1, -0.05) is 11.6 Å². The van der Waals surface area contributed by atoms with Gasteiger partial charge in [-0.2, -0.15) is 9.97 Å². The van der Waals surface area contributed by atoms with Gasteiger partial charge in [0.2, 0.25) is 5.91 Å². The van der Waals surface area contributed by atoms with E-state index < -0.39 is 12.0 Å². The fourth-order valence-electron chi connectivity index (χ4n) is 5.99. The summed E-state index contributed by atoms with van der Waals surface area (Å²) >= 11 is 5.93. The number of piperidine rings is 1. The van der Waals surface area contributed by atoms with Crippen molar-refractivity contribution in [2.24, 2.45) is 0 Å². The number of carbonyl (C=O) groups excluding carboxylic acids is 1. The molecule has 0 aromatic carbocycles. The molecule has 0 saturated carbocycles. The quantitative estimate of drug-likeness (QED) is 0.534. The highest BCUT2D eigenvalue weighted by Gasteiger charge is 2.49. The number of fused-ring (bicyclic) bond motifs is 2. The summed E-state index contributed by atoms with van der Waals surface area (Å²) in [6.07, 6.45) is 5.01. The first-order chi connectivity index (χ1) is 15.9. The molecule has 4 aliphatic rings. The summed E-state index contributed by atoms with van der Waals surface area (Å²) in [5.41, 5.74) is -0.437. The number of ether oxygens (including phenoxy) is 1. The van der Waals surface area contributed by atoms with Crippen LogP contribution in [-0.4, -0.2) is 75.8 Å². The Kier molecular flexibility index (Phi) is 4.88. The van der Waals surface area contributed by atoms with E-state index in [0.717, 1.165) is 32.2 Å². The number of pyridine rings is 1. The predicted molar refractivity (Wildman–Crippen MR) is 118 cm³/mol. The number of hydrogen-bond donors (Lipinski definition) is 1. The first-order valence-corrected chi connectivity index (χ1v) is 11.8. The first-order valence-electron chi connectivity index (χ1n) is 11.5. The smallest absolute Gasteiger partial charge is 0.319 e. The van der Waals surface area contributed by atoms with Gasteiger partial charge in [0.05, 0.1) is 16.5 Å². The lowest BCUT2D eigenvalue weighted by Gasteiger charge is -2.48. The summed E-state index contributed by atoms with van der Waals surface area (Å²) in [6, 6.07) is 0.0550. The molecule has 4 saturated heterocycles. The molecule has 0 unspecified atom stereocenters. The lowest BCUT2D eigenvalue weighted by molar-refractivity contribution is -0.133. The standard InChI is InChI=1S/C22H25ClF2N6O2/c23-18-16(25)17-14(10-26-18)19(30-6-3-21(4-7-30)9-15(32)29-21)28-20(27-17)33-12-22-2-1-5-31(22)11-13(24)8-22/h10,13H,1-9,11-12H2,(H,29,32)/t13-,22+/m1/s1. The highest BCUT2D eigenvalue weighted by molar-refractivity contribution is 6.30. The second-order valence-corrected chi connectivity index (χ2v) is 10.2. The van der Waals surface area contributed by atoms with Crippen molar-refractivity contribution in [1.82, 2.24) is 25.2 Å². The Bertz CT molecular complexity index is 1120. The van der Waals surface area contributed by atoms with Crippen LogP contribution in [-0.2, 0) is 4.79 Å². The molecule has 0 bridgehead atoms. The predicted octanol–water partition coefficient (Wildman–Crippen LogP) is 2.63. The van der Waals surface area contributed by atoms with E-state index in [4.69, 9.17) is 16.3 Å². The van der Waals surface area contributed by atoms with E-state index in [1.807, 2.05) is 0 Å². The molecule has 1 N–H and O–H groups in total. The molecular weight excluding hydrogens is 454 g/mol. The molecule has 0 aliphatic carbocycles. The van der Waals surface area contributed by atoms with E-state index in [1.165, 1.54) is 6.20 Å². The van der Waals surface area contributed by atoms with Crippen LogP contribution in [0.25, 0.3) is 10.9 Å². The summed E-state index contributed by atoms with van der Waals surface area (Å²) in [5.74, 6) is -0.0998. The maximum atomic E-state index is 14.9. The van der Waals surface area contributed by atoms with Gasteiger partial charge >= 0.3 is 6.01 Å². The molecule has 6 rings (SSSR count). The second kappa shape index (κ2) is 7.59. The number of amides is 1. The van der Waals surface area contributed by atoms with Gasteiger partial charge in [0.25, 0.3) is 0 Å². The van der Waals surface area contributed by atoms with E-state index in [2.05, 4.69) is 30.1 Å². The van der Waals surface area contributed by atoms with Gasteiger partial charge in [-0.05, 0) is 32.2 Å². The molecule has 33 heavy (non-hydrogen) atoms. The van der Waals surface area contributed by atoms with Crippen LogP contribution in [0.3, 0.4) is 0 Å². The number of anilines is 1. The number of aromatic nitrogens is 3. The van der Waals surface area contributed by atoms with Crippen LogP contribution in [0.15, 0.2) is 6.20 Å². The zero-order valence-corrected chi connectivity index (χ0v) is 18.9. The average molecular weight is 479 g/mol. The minimum Gasteiger partial charge on any atom is -0.461 e. The minimum atomic E-state index is -0.864. The highest BCUT2D eigenvalue weighted by atomic mass is 35.5. The van der Waals surface area contributed by atoms with E-state index >= 15 is 0 Å². The van der Waals surface area contributed by atoms with Crippen LogP contribution in [0.2, 0.25) is 5.15 Å². The number of nitrogens with zero attached hydrogens (tertiary/aromatic N) is 5. The number of halogens is 3. The van der Waals surface area contributed by atoms with Crippen LogP contribution in [0.4, 0.5) is 14.6 Å². The van der Waals surface area contributed by atoms with Gasteiger partial charge in [-0.15, -0.1) is 0 Å². The van der Waals surface area contributed by atoms with Gasteiger partial charge in [0.1, 0.15) is 24.1 Å². The Labute approximate surface area is 194 Å². The molecule has 1 amide bonds. The third kappa shape index (κ3) is 3.49. The Morgan fingerprint density at radius 2 is 2.03 bits per heavy atom. The Morgan fingerprint density at radius 1 is 1.24 bits per heavy atom. The maximum absolute atomic E-state index is 14.9. The molecule has 8 nitrogen and oxygen atoms in total. The normalized spacial score (nSPS) is 28.8. The van der Waals surface area contributed by atoms with Crippen LogP contribution in [0, 0.1) is 5.82 Å². The van der Waals surface area contributed by atoms with Crippen molar-refractivity contribution in [3.05, 3.63) is 17.2 Å². The third-order valence-electron chi connectivity index (χ3n) is 7.76. The topological polar surface area (TPSA) is 83.5 Å². The molecule has 11 heteroatoms. The summed E-state index contributed by atoms with van der Waals surface area (Å²) in [5, 5.41) is 3.22. The molecule has 2 aromatic heterocycles. The molecule has 4 aliphatic heterocycles. The molecule has 2 atom stereocenters. The fourth-order valence-corrected chi connectivity index (χ4v) is 6.12. The molecular formula is C22H25ClF2N6O2. The van der Waals surface area contributed by atoms with Gasteiger partial charge in [-0.3, -0.25) is 9.69 Å². The first kappa shape index (κ1) is 21.2. The zero-order chi connectivity index (χ0) is 22.8. The van der Waals surface area contributed by atoms with Crippen LogP contribution < -0.4 is 15.0 Å². The van der Waals surface area contributed by atoms with E-state index in [9.17, 15) is 13.6 Å². The monoisotopic (exact) mass is 478 g/mol. The van der Waals surface area contributed by atoms with Crippen molar-refractivity contribution in [3.8, 4) is 6.01 Å². The van der Waals surface area contributed by atoms with Gasteiger partial charge in [0, 0.05) is 38.7 Å². The summed E-state index contributed by atoms with van der Waals surface area (Å²) in [4.78, 5) is 28.6. The van der Waals surface area contributed by atoms with Crippen molar-refractivity contribution in [2.75, 3.05) is 37.7 Å². The summed E-state index contributed by atoms with van der Waals surface area (Å²) < 4.78 is 35.0. The zero-order valence-electron chi connectivity index (χ0n) is 18.1. The van der Waals surface area contributed by atoms with Crippen molar-refractivity contribution in [3.63, 3.8) is 0 Å². The maximum Gasteiger partial charge on any atom is 0.319 e. The average Bonchev–Trinajstić information content (AvgIpc) is 3.30. The number of carbonyl (C=O) groups is 1. The number of β-lactam (4-membered cyclic amide) rings is 1. The van der Waals surface area contributed by atoms with Crippen molar-refractivity contribution in [2.45, 2.75) is 55.8 Å². The summed E-state index contributed by atoms with van der Waals surface area (Å²) in [6.45, 7) is 2.84. The van der Waals surface area contributed by atoms with Crippen molar-refractivity contribution in [1.29, 1.82) is 0 Å².